The van der Waals surface area contributed by atoms with Crippen molar-refractivity contribution in [1.82, 2.24) is 15.0 Å². The first-order chi connectivity index (χ1) is 15.2. The number of halogens is 1. The standard InChI is InChI=1S/C25H21ClN4O/c26-20-8-5-18(6-9-20)19-7-11-21(27-15-19)10-3-17-4-12-23-24(14-17)29-25(28-23)30-13-1-2-22(30)16-31/h4-9,11-12,14-15,22,31H,1-2,13,16H2,(H,28,29). The molecular weight excluding hydrogens is 408 g/mol. The molecule has 0 amide bonds. The number of nitrogens with one attached hydrogen (secondary N) is 1. The van der Waals surface area contributed by atoms with Crippen LogP contribution < -0.4 is 4.90 Å². The number of pyridine rings is 1. The maximum absolute atomic E-state index is 9.57. The largest absolute Gasteiger partial charge is 0.394 e. The third-order valence-electron chi connectivity index (χ3n) is 5.61. The molecule has 0 aliphatic carbocycles. The summed E-state index contributed by atoms with van der Waals surface area (Å²) >= 11 is 5.95. The van der Waals surface area contributed by atoms with Gasteiger partial charge in [-0.3, -0.25) is 0 Å². The predicted octanol–water partition coefficient (Wildman–Crippen LogP) is 4.64. The molecule has 0 spiro atoms. The van der Waals surface area contributed by atoms with E-state index in [2.05, 4.69) is 26.7 Å². The van der Waals surface area contributed by atoms with E-state index in [0.717, 1.165) is 53.1 Å². The molecule has 3 heterocycles. The second-order valence-corrected chi connectivity index (χ2v) is 8.09. The normalized spacial score (nSPS) is 15.8. The lowest BCUT2D eigenvalue weighted by atomic mass is 10.1. The quantitative estimate of drug-likeness (QED) is 0.466. The molecule has 1 fully saturated rings. The van der Waals surface area contributed by atoms with Gasteiger partial charge in [0.1, 0.15) is 5.69 Å². The first-order valence-corrected chi connectivity index (χ1v) is 10.7. The third-order valence-corrected chi connectivity index (χ3v) is 5.86. The van der Waals surface area contributed by atoms with Crippen molar-refractivity contribution in [2.24, 2.45) is 0 Å². The number of aliphatic hydroxyl groups is 1. The van der Waals surface area contributed by atoms with E-state index in [-0.39, 0.29) is 12.6 Å². The van der Waals surface area contributed by atoms with Crippen LogP contribution in [0.5, 0.6) is 0 Å². The molecule has 2 N–H and O–H groups in total. The summed E-state index contributed by atoms with van der Waals surface area (Å²) in [4.78, 5) is 14.7. The average molecular weight is 429 g/mol. The van der Waals surface area contributed by atoms with Crippen molar-refractivity contribution in [3.63, 3.8) is 0 Å². The van der Waals surface area contributed by atoms with Gasteiger partial charge in [-0.1, -0.05) is 35.7 Å². The molecule has 1 aliphatic rings. The summed E-state index contributed by atoms with van der Waals surface area (Å²) in [6.45, 7) is 1.06. The fraction of sp³-hybridized carbons (Fsp3) is 0.200. The van der Waals surface area contributed by atoms with Crippen molar-refractivity contribution in [1.29, 1.82) is 0 Å². The number of nitrogens with zero attached hydrogens (tertiary/aromatic N) is 3. The smallest absolute Gasteiger partial charge is 0.204 e. The zero-order valence-electron chi connectivity index (χ0n) is 16.8. The van der Waals surface area contributed by atoms with E-state index in [1.165, 1.54) is 0 Å². The Morgan fingerprint density at radius 3 is 2.68 bits per heavy atom. The highest BCUT2D eigenvalue weighted by Crippen LogP contribution is 2.26. The number of benzene rings is 2. The molecule has 0 saturated carbocycles. The molecule has 2 aromatic carbocycles. The molecule has 1 aliphatic heterocycles. The van der Waals surface area contributed by atoms with Crippen LogP contribution in [0, 0.1) is 11.8 Å². The van der Waals surface area contributed by atoms with Gasteiger partial charge in [-0.05, 0) is 60.7 Å². The Balaban J connectivity index is 1.35. The highest BCUT2D eigenvalue weighted by atomic mass is 35.5. The number of aromatic nitrogens is 3. The number of aromatic amines is 1. The second kappa shape index (κ2) is 8.43. The van der Waals surface area contributed by atoms with E-state index in [9.17, 15) is 5.11 Å². The minimum absolute atomic E-state index is 0.141. The van der Waals surface area contributed by atoms with Crippen molar-refractivity contribution in [2.45, 2.75) is 18.9 Å². The number of imidazole rings is 1. The van der Waals surface area contributed by atoms with Gasteiger partial charge in [0.05, 0.1) is 23.7 Å². The first kappa shape index (κ1) is 19.6. The van der Waals surface area contributed by atoms with Gasteiger partial charge in [0, 0.05) is 28.9 Å². The second-order valence-electron chi connectivity index (χ2n) is 7.65. The molecule has 1 saturated heterocycles. The summed E-state index contributed by atoms with van der Waals surface area (Å²) in [6, 6.07) is 17.7. The van der Waals surface area contributed by atoms with Gasteiger partial charge < -0.3 is 15.0 Å². The highest BCUT2D eigenvalue weighted by molar-refractivity contribution is 6.30. The van der Waals surface area contributed by atoms with E-state index in [1.54, 1.807) is 0 Å². The zero-order chi connectivity index (χ0) is 21.2. The molecule has 4 aromatic rings. The molecule has 1 unspecified atom stereocenters. The first-order valence-electron chi connectivity index (χ1n) is 10.3. The molecule has 1 atom stereocenters. The highest BCUT2D eigenvalue weighted by Gasteiger charge is 2.26. The lowest BCUT2D eigenvalue weighted by molar-refractivity contribution is 0.265. The Hall–Kier alpha value is -3.33. The molecule has 0 radical (unpaired) electrons. The van der Waals surface area contributed by atoms with Crippen LogP contribution in [0.2, 0.25) is 5.02 Å². The van der Waals surface area contributed by atoms with Crippen LogP contribution in [0.3, 0.4) is 0 Å². The topological polar surface area (TPSA) is 65.0 Å². The number of H-pyrrole nitrogens is 1. The monoisotopic (exact) mass is 428 g/mol. The van der Waals surface area contributed by atoms with Gasteiger partial charge in [0.25, 0.3) is 0 Å². The van der Waals surface area contributed by atoms with Gasteiger partial charge in [0.2, 0.25) is 5.95 Å². The molecule has 5 nitrogen and oxygen atoms in total. The Labute approximate surface area is 185 Å². The number of aliphatic hydroxyl groups excluding tert-OH is 1. The summed E-state index contributed by atoms with van der Waals surface area (Å²) in [5.74, 6) is 7.12. The van der Waals surface area contributed by atoms with Gasteiger partial charge in [-0.2, -0.15) is 0 Å². The van der Waals surface area contributed by atoms with Crippen LogP contribution in [-0.2, 0) is 0 Å². The SMILES string of the molecule is OCC1CCCN1c1nc2cc(C#Cc3ccc(-c4ccc(Cl)cc4)cn3)ccc2[nH]1. The zero-order valence-corrected chi connectivity index (χ0v) is 17.6. The van der Waals surface area contributed by atoms with Crippen molar-refractivity contribution in [3.8, 4) is 23.0 Å². The van der Waals surface area contributed by atoms with Gasteiger partial charge in [-0.25, -0.2) is 9.97 Å². The summed E-state index contributed by atoms with van der Waals surface area (Å²) < 4.78 is 0. The summed E-state index contributed by atoms with van der Waals surface area (Å²) in [6.07, 6.45) is 3.89. The minimum atomic E-state index is 0.141. The summed E-state index contributed by atoms with van der Waals surface area (Å²) in [5.41, 5.74) is 5.53. The van der Waals surface area contributed by atoms with Gasteiger partial charge in [-0.15, -0.1) is 0 Å². The van der Waals surface area contributed by atoms with E-state index < -0.39 is 0 Å². The number of hydrogen-bond acceptors (Lipinski definition) is 4. The molecule has 6 heteroatoms. The molecule has 154 valence electrons. The van der Waals surface area contributed by atoms with Crippen LogP contribution in [0.25, 0.3) is 22.2 Å². The van der Waals surface area contributed by atoms with Crippen LogP contribution in [0.15, 0.2) is 60.8 Å². The fourth-order valence-corrected chi connectivity index (χ4v) is 4.05. The lowest BCUT2D eigenvalue weighted by Crippen LogP contribution is -2.32. The average Bonchev–Trinajstić information content (AvgIpc) is 3.44. The minimum Gasteiger partial charge on any atom is -0.394 e. The summed E-state index contributed by atoms with van der Waals surface area (Å²) in [5, 5.41) is 10.3. The van der Waals surface area contributed by atoms with Crippen LogP contribution in [-0.4, -0.2) is 39.3 Å². The van der Waals surface area contributed by atoms with Crippen LogP contribution in [0.1, 0.15) is 24.1 Å². The molecule has 0 bridgehead atoms. The van der Waals surface area contributed by atoms with Crippen LogP contribution >= 0.6 is 11.6 Å². The Morgan fingerprint density at radius 2 is 1.90 bits per heavy atom. The Bertz CT molecular complexity index is 1270. The van der Waals surface area contributed by atoms with Crippen molar-refractivity contribution in [2.75, 3.05) is 18.1 Å². The number of hydrogen-bond donors (Lipinski definition) is 2. The Morgan fingerprint density at radius 1 is 1.06 bits per heavy atom. The van der Waals surface area contributed by atoms with E-state index >= 15 is 0 Å². The third kappa shape index (κ3) is 4.13. The summed E-state index contributed by atoms with van der Waals surface area (Å²) in [7, 11) is 0. The number of fused-ring (bicyclic) bond motifs is 1. The molecule has 31 heavy (non-hydrogen) atoms. The number of rotatable bonds is 3. The van der Waals surface area contributed by atoms with E-state index in [0.29, 0.717) is 10.7 Å². The van der Waals surface area contributed by atoms with Crippen molar-refractivity contribution in [3.05, 3.63) is 77.1 Å². The molecular formula is C25H21ClN4O. The Kier molecular flexibility index (Phi) is 5.33. The van der Waals surface area contributed by atoms with Crippen LogP contribution in [0.4, 0.5) is 5.95 Å². The predicted molar refractivity (Wildman–Crippen MR) is 124 cm³/mol. The molecule has 5 rings (SSSR count). The maximum Gasteiger partial charge on any atom is 0.204 e. The fourth-order valence-electron chi connectivity index (χ4n) is 3.93. The maximum atomic E-state index is 9.57. The van der Waals surface area contributed by atoms with Gasteiger partial charge >= 0.3 is 0 Å². The van der Waals surface area contributed by atoms with E-state index in [1.807, 2.05) is 60.8 Å². The lowest BCUT2D eigenvalue weighted by Gasteiger charge is -2.21. The van der Waals surface area contributed by atoms with Crippen molar-refractivity contribution >= 4 is 28.6 Å². The van der Waals surface area contributed by atoms with Crippen molar-refractivity contribution < 1.29 is 5.11 Å². The van der Waals surface area contributed by atoms with E-state index in [4.69, 9.17) is 16.6 Å². The number of anilines is 1. The molecule has 2 aromatic heterocycles. The van der Waals surface area contributed by atoms with Gasteiger partial charge in [0.15, 0.2) is 0 Å².